The van der Waals surface area contributed by atoms with E-state index in [4.69, 9.17) is 0 Å². The average molecular weight is 537 g/mol. The van der Waals surface area contributed by atoms with Crippen LogP contribution in [-0.2, 0) is 0 Å². The number of aryl methyl sites for hydroxylation is 2. The van der Waals surface area contributed by atoms with E-state index in [1.54, 1.807) is 22.7 Å². The molecule has 38 heavy (non-hydrogen) atoms. The average Bonchev–Trinajstić information content (AvgIpc) is 2.89. The molecule has 6 aromatic rings. The smallest absolute Gasteiger partial charge is 0.195 e. The summed E-state index contributed by atoms with van der Waals surface area (Å²) in [7, 11) is 0. The van der Waals surface area contributed by atoms with Crippen molar-refractivity contribution in [2.45, 2.75) is 53.4 Å². The zero-order valence-electron chi connectivity index (χ0n) is 22.7. The lowest BCUT2D eigenvalue weighted by Gasteiger charge is -2.15. The van der Waals surface area contributed by atoms with Crippen LogP contribution in [0.3, 0.4) is 0 Å². The predicted molar refractivity (Wildman–Crippen MR) is 169 cm³/mol. The fourth-order valence-electron chi connectivity index (χ4n) is 4.97. The molecule has 0 aliphatic heterocycles. The van der Waals surface area contributed by atoms with Gasteiger partial charge in [0, 0.05) is 40.3 Å². The van der Waals surface area contributed by atoms with Crippen LogP contribution >= 0.6 is 22.7 Å². The minimum absolute atomic E-state index is 0.154. The molecule has 0 radical (unpaired) electrons. The largest absolute Gasteiger partial charge is 0.289 e. The molecule has 4 aromatic carbocycles. The number of fused-ring (bicyclic) bond motifs is 4. The number of hydrogen-bond acceptors (Lipinski definition) is 4. The van der Waals surface area contributed by atoms with Crippen LogP contribution in [-0.4, -0.2) is 0 Å². The normalized spacial score (nSPS) is 11.6. The van der Waals surface area contributed by atoms with Gasteiger partial charge in [-0.2, -0.15) is 0 Å². The highest BCUT2D eigenvalue weighted by atomic mass is 32.1. The lowest BCUT2D eigenvalue weighted by Crippen LogP contribution is -2.04. The molecule has 0 bridgehead atoms. The Morgan fingerprint density at radius 1 is 0.579 bits per heavy atom. The van der Waals surface area contributed by atoms with Crippen LogP contribution in [0.4, 0.5) is 0 Å². The van der Waals surface area contributed by atoms with E-state index < -0.39 is 0 Å². The van der Waals surface area contributed by atoms with Gasteiger partial charge >= 0.3 is 0 Å². The maximum absolute atomic E-state index is 12.8. The Morgan fingerprint density at radius 3 is 1.66 bits per heavy atom. The van der Waals surface area contributed by atoms with Crippen molar-refractivity contribution in [3.8, 4) is 0 Å². The van der Waals surface area contributed by atoms with Crippen molar-refractivity contribution in [3.05, 3.63) is 115 Å². The van der Waals surface area contributed by atoms with Gasteiger partial charge in [0.25, 0.3) is 0 Å². The Kier molecular flexibility index (Phi) is 7.21. The van der Waals surface area contributed by atoms with Gasteiger partial charge in [-0.1, -0.05) is 69.7 Å². The fraction of sp³-hybridized carbons (Fsp3) is 0.235. The quantitative estimate of drug-likeness (QED) is 0.206. The number of rotatable bonds is 2. The first-order valence-electron chi connectivity index (χ1n) is 13.1. The van der Waals surface area contributed by atoms with Gasteiger partial charge in [0.1, 0.15) is 0 Å². The van der Waals surface area contributed by atoms with E-state index in [-0.39, 0.29) is 10.9 Å². The first kappa shape index (κ1) is 26.3. The van der Waals surface area contributed by atoms with Crippen molar-refractivity contribution in [1.82, 2.24) is 0 Å². The second-order valence-corrected chi connectivity index (χ2v) is 12.7. The molecule has 0 spiro atoms. The van der Waals surface area contributed by atoms with Crippen LogP contribution in [0.5, 0.6) is 0 Å². The highest BCUT2D eigenvalue weighted by Crippen LogP contribution is 2.34. The van der Waals surface area contributed by atoms with Gasteiger partial charge in [-0.3, -0.25) is 9.59 Å². The molecule has 0 atom stereocenters. The van der Waals surface area contributed by atoms with Gasteiger partial charge in [-0.05, 0) is 78.8 Å². The van der Waals surface area contributed by atoms with E-state index >= 15 is 0 Å². The van der Waals surface area contributed by atoms with E-state index in [9.17, 15) is 9.59 Å². The van der Waals surface area contributed by atoms with E-state index in [1.807, 2.05) is 61.5 Å². The summed E-state index contributed by atoms with van der Waals surface area (Å²) >= 11 is 3.44. The third kappa shape index (κ3) is 4.79. The van der Waals surface area contributed by atoms with Crippen LogP contribution in [0, 0.1) is 13.8 Å². The monoisotopic (exact) mass is 536 g/mol. The van der Waals surface area contributed by atoms with Crippen LogP contribution in [0.15, 0.2) is 82.4 Å². The topological polar surface area (TPSA) is 34.1 Å². The highest BCUT2D eigenvalue weighted by molar-refractivity contribution is 7.25. The van der Waals surface area contributed by atoms with Gasteiger partial charge in [0.2, 0.25) is 0 Å². The SMILES string of the molecule is CC(C)c1cc(C(C)C)c2sc3ccccc3c(=O)c2c1.Cc1cc(C)c2sc3ccccc3c(=O)c2c1. The zero-order valence-corrected chi connectivity index (χ0v) is 24.3. The van der Waals surface area contributed by atoms with Gasteiger partial charge < -0.3 is 0 Å². The van der Waals surface area contributed by atoms with Gasteiger partial charge in [0.05, 0.1) is 0 Å². The van der Waals surface area contributed by atoms with E-state index in [0.29, 0.717) is 11.8 Å². The van der Waals surface area contributed by atoms with Gasteiger partial charge in [0.15, 0.2) is 10.9 Å². The van der Waals surface area contributed by atoms with Crippen molar-refractivity contribution in [1.29, 1.82) is 0 Å². The van der Waals surface area contributed by atoms with E-state index in [2.05, 4.69) is 52.8 Å². The summed E-state index contributed by atoms with van der Waals surface area (Å²) < 4.78 is 4.41. The molecule has 192 valence electrons. The van der Waals surface area contributed by atoms with E-state index in [0.717, 1.165) is 45.9 Å². The summed E-state index contributed by atoms with van der Waals surface area (Å²) in [5, 5.41) is 3.40. The summed E-state index contributed by atoms with van der Waals surface area (Å²) in [5.41, 5.74) is 5.21. The Labute approximate surface area is 231 Å². The molecule has 0 saturated carbocycles. The van der Waals surface area contributed by atoms with Crippen molar-refractivity contribution < 1.29 is 0 Å². The summed E-state index contributed by atoms with van der Waals surface area (Å²) in [6.07, 6.45) is 0. The molecule has 2 nitrogen and oxygen atoms in total. The molecule has 0 unspecified atom stereocenters. The minimum atomic E-state index is 0.154. The van der Waals surface area contributed by atoms with Crippen molar-refractivity contribution >= 4 is 63.0 Å². The number of benzene rings is 4. The molecule has 0 aliphatic carbocycles. The van der Waals surface area contributed by atoms with Crippen LogP contribution in [0.25, 0.3) is 40.3 Å². The highest BCUT2D eigenvalue weighted by Gasteiger charge is 2.14. The van der Waals surface area contributed by atoms with Crippen molar-refractivity contribution in [3.63, 3.8) is 0 Å². The molecule has 2 aromatic heterocycles. The molecular formula is C34H32O2S2. The standard InChI is InChI=1S/C19H20OS.C15H12OS/c1-11(2)13-9-15(12(3)4)19-16(10-13)18(20)14-7-5-6-8-17(14)21-19;1-9-7-10(2)15-12(8-9)14(16)11-5-3-4-6-13(11)17-15/h5-12H,1-4H3;3-8H,1-2H3. The third-order valence-corrected chi connectivity index (χ3v) is 9.58. The summed E-state index contributed by atoms with van der Waals surface area (Å²) in [5.74, 6) is 0.853. The summed E-state index contributed by atoms with van der Waals surface area (Å²) in [6, 6.07) is 24.2. The zero-order chi connectivity index (χ0) is 27.1. The van der Waals surface area contributed by atoms with Crippen LogP contribution in [0.1, 0.15) is 61.8 Å². The molecule has 0 amide bonds. The lowest BCUT2D eigenvalue weighted by atomic mass is 9.93. The first-order valence-corrected chi connectivity index (χ1v) is 14.7. The second kappa shape index (κ2) is 10.4. The Morgan fingerprint density at radius 2 is 1.11 bits per heavy atom. The number of hydrogen-bond donors (Lipinski definition) is 0. The predicted octanol–water partition coefficient (Wildman–Crippen LogP) is 9.69. The van der Waals surface area contributed by atoms with Crippen LogP contribution < -0.4 is 10.9 Å². The maximum Gasteiger partial charge on any atom is 0.195 e. The molecule has 2 heterocycles. The Bertz CT molecular complexity index is 1940. The van der Waals surface area contributed by atoms with Crippen LogP contribution in [0.2, 0.25) is 0 Å². The molecule has 0 saturated heterocycles. The van der Waals surface area contributed by atoms with Crippen molar-refractivity contribution in [2.24, 2.45) is 0 Å². The third-order valence-electron chi connectivity index (χ3n) is 7.02. The molecule has 0 aliphatic rings. The Balaban J connectivity index is 0.000000158. The molecular weight excluding hydrogens is 505 g/mol. The second-order valence-electron chi connectivity index (χ2n) is 10.6. The van der Waals surface area contributed by atoms with Gasteiger partial charge in [-0.25, -0.2) is 0 Å². The van der Waals surface area contributed by atoms with Crippen molar-refractivity contribution in [2.75, 3.05) is 0 Å². The molecule has 0 N–H and O–H groups in total. The van der Waals surface area contributed by atoms with Gasteiger partial charge in [-0.15, -0.1) is 22.7 Å². The fourth-order valence-corrected chi connectivity index (χ4v) is 7.40. The summed E-state index contributed by atoms with van der Waals surface area (Å²) in [6.45, 7) is 12.9. The molecule has 0 fully saturated rings. The maximum atomic E-state index is 12.8. The first-order chi connectivity index (χ1) is 18.2. The summed E-state index contributed by atoms with van der Waals surface area (Å²) in [4.78, 5) is 25.2. The molecule has 4 heteroatoms. The Hall–Kier alpha value is -3.34. The van der Waals surface area contributed by atoms with E-state index in [1.165, 1.54) is 16.7 Å². The molecule has 6 rings (SSSR count). The lowest BCUT2D eigenvalue weighted by molar-refractivity contribution is 0.842. The minimum Gasteiger partial charge on any atom is -0.289 e.